The van der Waals surface area contributed by atoms with Crippen molar-refractivity contribution in [1.29, 1.82) is 0 Å². The lowest BCUT2D eigenvalue weighted by Gasteiger charge is -2.24. The van der Waals surface area contributed by atoms with Crippen LogP contribution >= 0.6 is 11.3 Å². The number of carbonyl (C=O) groups is 2. The molecule has 1 atom stereocenters. The Bertz CT molecular complexity index is 1400. The molecule has 186 valence electrons. The number of nitrogens with zero attached hydrogens (tertiary/aromatic N) is 5. The zero-order chi connectivity index (χ0) is 25.4. The number of aromatic nitrogens is 4. The lowest BCUT2D eigenvalue weighted by molar-refractivity contribution is 0.0730. The average molecular weight is 503 g/mol. The summed E-state index contributed by atoms with van der Waals surface area (Å²) in [4.78, 5) is 37.5. The van der Waals surface area contributed by atoms with E-state index in [9.17, 15) is 9.59 Å². The highest BCUT2D eigenvalue weighted by atomic mass is 32.1. The number of thiazole rings is 1. The number of carbonyl (C=O) groups excluding carboxylic acids is 2. The van der Waals surface area contributed by atoms with Gasteiger partial charge in [0.2, 0.25) is 0 Å². The molecule has 4 aromatic rings. The third kappa shape index (κ3) is 4.75. The first kappa shape index (κ1) is 24.1. The van der Waals surface area contributed by atoms with Crippen LogP contribution in [0.5, 0.6) is 0 Å². The SMILES string of the molecule is Cc1ccc(C(=O)Nc2nc3c(s2)c(C(=O)N2CCCC2Cc2cccnc2)nn3C(C)(C)C)cc1. The molecule has 1 aliphatic rings. The summed E-state index contributed by atoms with van der Waals surface area (Å²) in [5, 5.41) is 8.10. The predicted molar refractivity (Wildman–Crippen MR) is 142 cm³/mol. The number of anilines is 1. The van der Waals surface area contributed by atoms with E-state index in [2.05, 4.69) is 15.3 Å². The van der Waals surface area contributed by atoms with Crippen LogP contribution in [0.2, 0.25) is 0 Å². The van der Waals surface area contributed by atoms with Crippen molar-refractivity contribution in [1.82, 2.24) is 24.6 Å². The topological polar surface area (TPSA) is 93.0 Å². The monoisotopic (exact) mass is 502 g/mol. The number of fused-ring (bicyclic) bond motifs is 1. The molecule has 5 rings (SSSR count). The Labute approximate surface area is 214 Å². The smallest absolute Gasteiger partial charge is 0.276 e. The fourth-order valence-electron chi connectivity index (χ4n) is 4.58. The van der Waals surface area contributed by atoms with Gasteiger partial charge in [-0.3, -0.25) is 19.9 Å². The molecule has 36 heavy (non-hydrogen) atoms. The molecule has 0 spiro atoms. The Morgan fingerprint density at radius 1 is 1.17 bits per heavy atom. The van der Waals surface area contributed by atoms with Crippen LogP contribution in [0.3, 0.4) is 0 Å². The summed E-state index contributed by atoms with van der Waals surface area (Å²) in [7, 11) is 0. The van der Waals surface area contributed by atoms with Crippen molar-refractivity contribution in [3.05, 3.63) is 71.2 Å². The van der Waals surface area contributed by atoms with Crippen molar-refractivity contribution in [3.63, 3.8) is 0 Å². The second kappa shape index (κ2) is 9.46. The molecule has 0 bridgehead atoms. The summed E-state index contributed by atoms with van der Waals surface area (Å²) in [6, 6.07) is 11.5. The number of benzene rings is 1. The van der Waals surface area contributed by atoms with Gasteiger partial charge < -0.3 is 4.90 Å². The number of hydrogen-bond donors (Lipinski definition) is 1. The molecule has 0 aliphatic carbocycles. The normalized spacial score (nSPS) is 16.0. The van der Waals surface area contributed by atoms with E-state index in [0.29, 0.717) is 33.3 Å². The highest BCUT2D eigenvalue weighted by Gasteiger charge is 2.34. The standard InChI is InChI=1S/C27H30N6O2S/c1-17-9-11-19(12-10-17)24(34)30-26-29-23-22(36-26)21(31-33(23)27(2,3)4)25(35)32-14-6-8-20(32)15-18-7-5-13-28-16-18/h5,7,9-13,16,20H,6,8,14-15H2,1-4H3,(H,29,30,34). The minimum Gasteiger partial charge on any atom is -0.334 e. The molecule has 1 saturated heterocycles. The maximum Gasteiger partial charge on any atom is 0.276 e. The molecule has 1 fully saturated rings. The van der Waals surface area contributed by atoms with E-state index >= 15 is 0 Å². The summed E-state index contributed by atoms with van der Waals surface area (Å²) in [6.07, 6.45) is 6.30. The summed E-state index contributed by atoms with van der Waals surface area (Å²) >= 11 is 1.30. The zero-order valence-electron chi connectivity index (χ0n) is 21.0. The molecule has 1 aliphatic heterocycles. The van der Waals surface area contributed by atoms with Crippen LogP contribution in [0.1, 0.15) is 65.6 Å². The predicted octanol–water partition coefficient (Wildman–Crippen LogP) is 5.05. The van der Waals surface area contributed by atoms with Crippen LogP contribution in [0, 0.1) is 6.92 Å². The van der Waals surface area contributed by atoms with Gasteiger partial charge in [-0.05, 0) is 70.7 Å². The van der Waals surface area contributed by atoms with E-state index in [0.717, 1.165) is 30.4 Å². The summed E-state index contributed by atoms with van der Waals surface area (Å²) in [5.41, 5.74) is 3.38. The minimum atomic E-state index is -0.386. The molecule has 4 heterocycles. The van der Waals surface area contributed by atoms with Gasteiger partial charge in [0.25, 0.3) is 11.8 Å². The largest absolute Gasteiger partial charge is 0.334 e. The van der Waals surface area contributed by atoms with E-state index in [4.69, 9.17) is 5.10 Å². The van der Waals surface area contributed by atoms with Crippen LogP contribution in [-0.4, -0.2) is 49.0 Å². The summed E-state index contributed by atoms with van der Waals surface area (Å²) in [5.74, 6) is -0.319. The number of rotatable bonds is 5. The number of likely N-dealkylation sites (tertiary alicyclic amines) is 1. The van der Waals surface area contributed by atoms with Gasteiger partial charge in [0.1, 0.15) is 4.70 Å². The number of amides is 2. The van der Waals surface area contributed by atoms with Gasteiger partial charge in [0.15, 0.2) is 16.5 Å². The molecule has 1 N–H and O–H groups in total. The number of pyridine rings is 1. The molecular weight excluding hydrogens is 472 g/mol. The number of nitrogens with one attached hydrogen (secondary N) is 1. The first-order chi connectivity index (χ1) is 17.2. The van der Waals surface area contributed by atoms with E-state index < -0.39 is 0 Å². The van der Waals surface area contributed by atoms with Crippen LogP contribution in [-0.2, 0) is 12.0 Å². The van der Waals surface area contributed by atoms with Crippen molar-refractivity contribution < 1.29 is 9.59 Å². The molecule has 2 amide bonds. The van der Waals surface area contributed by atoms with E-state index in [1.807, 2.05) is 63.1 Å². The van der Waals surface area contributed by atoms with Crippen LogP contribution in [0.25, 0.3) is 10.3 Å². The van der Waals surface area contributed by atoms with Crippen LogP contribution in [0.15, 0.2) is 48.8 Å². The van der Waals surface area contributed by atoms with Gasteiger partial charge in [-0.25, -0.2) is 4.68 Å². The highest BCUT2D eigenvalue weighted by Crippen LogP contribution is 2.34. The fourth-order valence-corrected chi connectivity index (χ4v) is 5.50. The van der Waals surface area contributed by atoms with Crippen molar-refractivity contribution in [2.45, 2.75) is 58.5 Å². The van der Waals surface area contributed by atoms with Crippen molar-refractivity contribution >= 4 is 38.6 Å². The molecule has 0 saturated carbocycles. The van der Waals surface area contributed by atoms with Gasteiger partial charge in [0, 0.05) is 30.5 Å². The van der Waals surface area contributed by atoms with Gasteiger partial charge in [0.05, 0.1) is 5.54 Å². The lowest BCUT2D eigenvalue weighted by Crippen LogP contribution is -2.37. The molecule has 1 aromatic carbocycles. The molecule has 3 aromatic heterocycles. The van der Waals surface area contributed by atoms with Crippen LogP contribution < -0.4 is 5.32 Å². The third-order valence-corrected chi connectivity index (χ3v) is 7.40. The van der Waals surface area contributed by atoms with Crippen molar-refractivity contribution in [2.24, 2.45) is 0 Å². The molecule has 9 heteroatoms. The summed E-state index contributed by atoms with van der Waals surface area (Å²) in [6.45, 7) is 8.76. The Morgan fingerprint density at radius 3 is 2.64 bits per heavy atom. The van der Waals surface area contributed by atoms with Gasteiger partial charge in [-0.15, -0.1) is 0 Å². The fraction of sp³-hybridized carbons (Fsp3) is 0.370. The molecule has 1 unspecified atom stereocenters. The van der Waals surface area contributed by atoms with Gasteiger partial charge in [-0.2, -0.15) is 10.1 Å². The first-order valence-corrected chi connectivity index (χ1v) is 13.0. The van der Waals surface area contributed by atoms with E-state index in [-0.39, 0.29) is 23.4 Å². The summed E-state index contributed by atoms with van der Waals surface area (Å²) < 4.78 is 2.49. The van der Waals surface area contributed by atoms with Gasteiger partial charge in [-0.1, -0.05) is 35.1 Å². The molecule has 0 radical (unpaired) electrons. The van der Waals surface area contributed by atoms with Crippen molar-refractivity contribution in [2.75, 3.05) is 11.9 Å². The average Bonchev–Trinajstić information content (AvgIpc) is 3.54. The quantitative estimate of drug-likeness (QED) is 0.412. The maximum absolute atomic E-state index is 13.8. The Balaban J connectivity index is 1.46. The van der Waals surface area contributed by atoms with Gasteiger partial charge >= 0.3 is 0 Å². The van der Waals surface area contributed by atoms with Crippen molar-refractivity contribution in [3.8, 4) is 0 Å². The number of hydrogen-bond acceptors (Lipinski definition) is 6. The molecular formula is C27H30N6O2S. The minimum absolute atomic E-state index is 0.0885. The third-order valence-electron chi connectivity index (χ3n) is 6.43. The van der Waals surface area contributed by atoms with E-state index in [1.165, 1.54) is 11.3 Å². The maximum atomic E-state index is 13.8. The highest BCUT2D eigenvalue weighted by molar-refractivity contribution is 7.22. The Hall–Kier alpha value is -3.59. The second-order valence-electron chi connectivity index (χ2n) is 10.3. The van der Waals surface area contributed by atoms with Crippen LogP contribution in [0.4, 0.5) is 5.13 Å². The first-order valence-electron chi connectivity index (χ1n) is 12.2. The lowest BCUT2D eigenvalue weighted by atomic mass is 10.1. The number of aryl methyl sites for hydroxylation is 1. The second-order valence-corrected chi connectivity index (χ2v) is 11.3. The molecule has 8 nitrogen and oxygen atoms in total. The zero-order valence-corrected chi connectivity index (χ0v) is 21.8. The van der Waals surface area contributed by atoms with E-state index in [1.54, 1.807) is 23.0 Å². The Morgan fingerprint density at radius 2 is 1.94 bits per heavy atom. The Kier molecular flexibility index (Phi) is 6.34.